The minimum Gasteiger partial charge on any atom is -0.353 e. The molecular weight excluding hydrogens is 424 g/mol. The van der Waals surface area contributed by atoms with Crippen molar-refractivity contribution in [3.8, 4) is 11.1 Å². The van der Waals surface area contributed by atoms with Crippen molar-refractivity contribution in [2.24, 2.45) is 5.41 Å². The van der Waals surface area contributed by atoms with Crippen molar-refractivity contribution < 1.29 is 17.6 Å². The third kappa shape index (κ3) is 3.67. The van der Waals surface area contributed by atoms with Crippen molar-refractivity contribution in [3.63, 3.8) is 0 Å². The number of aromatic amines is 1. The van der Waals surface area contributed by atoms with Crippen LogP contribution in [0.4, 0.5) is 23.5 Å². The van der Waals surface area contributed by atoms with Crippen LogP contribution in [0, 0.1) is 5.41 Å². The van der Waals surface area contributed by atoms with Gasteiger partial charge in [-0.05, 0) is 44.4 Å². The van der Waals surface area contributed by atoms with Crippen LogP contribution >= 0.6 is 0 Å². The number of hydrogen-bond donors (Lipinski definition) is 2. The maximum Gasteiger partial charge on any atom is 0.396 e. The number of nitrogens with one attached hydrogen (secondary N) is 2. The van der Waals surface area contributed by atoms with Gasteiger partial charge in [-0.3, -0.25) is 0 Å². The largest absolute Gasteiger partial charge is 0.396 e. The Morgan fingerprint density at radius 2 is 1.97 bits per heavy atom. The van der Waals surface area contributed by atoms with Gasteiger partial charge >= 0.3 is 6.18 Å². The van der Waals surface area contributed by atoms with Crippen molar-refractivity contribution in [1.29, 1.82) is 0 Å². The number of halogens is 4. The van der Waals surface area contributed by atoms with E-state index in [0.29, 0.717) is 5.65 Å². The van der Waals surface area contributed by atoms with E-state index in [9.17, 15) is 17.6 Å². The minimum absolute atomic E-state index is 0.122. The summed E-state index contributed by atoms with van der Waals surface area (Å²) < 4.78 is 55.3. The third-order valence-corrected chi connectivity index (χ3v) is 6.00. The topological polar surface area (TPSA) is 70.9 Å². The molecule has 4 aromatic rings. The fourth-order valence-corrected chi connectivity index (χ4v) is 3.98. The van der Waals surface area contributed by atoms with E-state index < -0.39 is 17.3 Å². The predicted molar refractivity (Wildman–Crippen MR) is 113 cm³/mol. The Kier molecular flexibility index (Phi) is 4.48. The Bertz CT molecular complexity index is 1290. The van der Waals surface area contributed by atoms with E-state index in [1.807, 2.05) is 12.1 Å². The monoisotopic (exact) mass is 446 g/mol. The number of hydrogen-bond acceptors (Lipinski definition) is 4. The van der Waals surface area contributed by atoms with Gasteiger partial charge in [-0.2, -0.15) is 23.3 Å². The van der Waals surface area contributed by atoms with E-state index in [1.54, 1.807) is 29.3 Å². The average molecular weight is 446 g/mol. The van der Waals surface area contributed by atoms with Crippen LogP contribution in [-0.4, -0.2) is 43.0 Å². The summed E-state index contributed by atoms with van der Waals surface area (Å²) in [5.74, 6) is 0.153. The molecular formula is C22H22F4N6. The summed E-state index contributed by atoms with van der Waals surface area (Å²) >= 11 is 0. The number of fused-ring (bicyclic) bond motifs is 2. The quantitative estimate of drug-likeness (QED) is 0.394. The van der Waals surface area contributed by atoms with Gasteiger partial charge in [0, 0.05) is 48.1 Å². The lowest BCUT2D eigenvalue weighted by atomic mass is 10.0. The minimum atomic E-state index is -4.23. The van der Waals surface area contributed by atoms with Gasteiger partial charge in [0.05, 0.1) is 17.1 Å². The molecule has 4 heterocycles. The first-order chi connectivity index (χ1) is 15.0. The second-order valence-corrected chi connectivity index (χ2v) is 9.10. The van der Waals surface area contributed by atoms with Crippen LogP contribution in [0.3, 0.4) is 0 Å². The highest BCUT2D eigenvalue weighted by Gasteiger charge is 2.62. The molecule has 0 atom stereocenters. The highest BCUT2D eigenvalue weighted by molar-refractivity contribution is 5.94. The molecule has 168 valence electrons. The Balaban J connectivity index is 1.43. The van der Waals surface area contributed by atoms with Gasteiger partial charge in [0.2, 0.25) is 5.95 Å². The standard InChI is InChI=1S/C22H22F4N6/c1-20(2,23)8-14-9-30-32-6-3-13(7-17(14)32)15-10-27-18-16(15)11-28-19(31-18)29-12-21(4-5-21)22(24,25)26/h3,6-7,9-11H,4-5,8,12H2,1-2H3,(H2,27,28,29,31). The van der Waals surface area contributed by atoms with Crippen LogP contribution in [0.2, 0.25) is 0 Å². The molecule has 1 fully saturated rings. The number of anilines is 1. The summed E-state index contributed by atoms with van der Waals surface area (Å²) in [6.07, 6.45) is 3.11. The Hall–Kier alpha value is -3.17. The molecule has 0 spiro atoms. The predicted octanol–water partition coefficient (Wildman–Crippen LogP) is 5.32. The Labute approximate surface area is 181 Å². The number of pyridine rings is 1. The third-order valence-electron chi connectivity index (χ3n) is 6.00. The van der Waals surface area contributed by atoms with E-state index in [-0.39, 0.29) is 31.8 Å². The average Bonchev–Trinajstić information content (AvgIpc) is 3.27. The molecule has 0 amide bonds. The van der Waals surface area contributed by atoms with Crippen LogP contribution in [0.25, 0.3) is 27.7 Å². The highest BCUT2D eigenvalue weighted by Crippen LogP contribution is 2.57. The van der Waals surface area contributed by atoms with Crippen molar-refractivity contribution >= 4 is 22.5 Å². The van der Waals surface area contributed by atoms with Crippen LogP contribution < -0.4 is 5.32 Å². The van der Waals surface area contributed by atoms with Gasteiger partial charge in [-0.15, -0.1) is 0 Å². The number of rotatable bonds is 6. The second-order valence-electron chi connectivity index (χ2n) is 9.10. The smallest absolute Gasteiger partial charge is 0.353 e. The molecule has 5 rings (SSSR count). The zero-order valence-corrected chi connectivity index (χ0v) is 17.6. The Morgan fingerprint density at radius 1 is 1.19 bits per heavy atom. The van der Waals surface area contributed by atoms with E-state index in [1.165, 1.54) is 13.8 Å². The molecule has 0 saturated heterocycles. The number of alkyl halides is 4. The molecule has 0 aliphatic heterocycles. The van der Waals surface area contributed by atoms with Crippen molar-refractivity contribution in [2.45, 2.75) is 45.0 Å². The molecule has 1 aliphatic rings. The van der Waals surface area contributed by atoms with Gasteiger partial charge in [-0.25, -0.2) is 13.9 Å². The van der Waals surface area contributed by atoms with Gasteiger partial charge in [-0.1, -0.05) is 0 Å². The van der Waals surface area contributed by atoms with Gasteiger partial charge < -0.3 is 10.3 Å². The summed E-state index contributed by atoms with van der Waals surface area (Å²) in [5, 5.41) is 7.77. The molecule has 1 saturated carbocycles. The van der Waals surface area contributed by atoms with Crippen molar-refractivity contribution in [2.75, 3.05) is 11.9 Å². The lowest BCUT2D eigenvalue weighted by Gasteiger charge is -2.19. The fraction of sp³-hybridized carbons (Fsp3) is 0.409. The summed E-state index contributed by atoms with van der Waals surface area (Å²) in [5.41, 5.74) is 0.828. The summed E-state index contributed by atoms with van der Waals surface area (Å²) in [7, 11) is 0. The maximum absolute atomic E-state index is 14.2. The lowest BCUT2D eigenvalue weighted by Crippen LogP contribution is -2.31. The van der Waals surface area contributed by atoms with E-state index in [4.69, 9.17) is 0 Å². The molecule has 4 aromatic heterocycles. The van der Waals surface area contributed by atoms with Crippen LogP contribution in [0.15, 0.2) is 36.9 Å². The van der Waals surface area contributed by atoms with E-state index in [2.05, 4.69) is 25.4 Å². The number of H-pyrrole nitrogens is 1. The second kappa shape index (κ2) is 6.91. The first-order valence-electron chi connectivity index (χ1n) is 10.4. The number of nitrogens with zero attached hydrogens (tertiary/aromatic N) is 4. The molecule has 1 aliphatic carbocycles. The first kappa shape index (κ1) is 20.7. The molecule has 0 unspecified atom stereocenters. The van der Waals surface area contributed by atoms with Crippen molar-refractivity contribution in [1.82, 2.24) is 24.6 Å². The maximum atomic E-state index is 14.2. The zero-order chi connectivity index (χ0) is 22.7. The van der Waals surface area contributed by atoms with Crippen LogP contribution in [0.1, 0.15) is 32.3 Å². The SMILES string of the molecule is CC(C)(F)Cc1cnn2ccc(-c3c[nH]c4nc(NCC5(C(F)(F)F)CC5)ncc34)cc12. The van der Waals surface area contributed by atoms with Gasteiger partial charge in [0.15, 0.2) is 0 Å². The molecule has 0 radical (unpaired) electrons. The van der Waals surface area contributed by atoms with Gasteiger partial charge in [0.25, 0.3) is 0 Å². The van der Waals surface area contributed by atoms with Crippen LogP contribution in [0.5, 0.6) is 0 Å². The van der Waals surface area contributed by atoms with E-state index in [0.717, 1.165) is 27.6 Å². The molecule has 6 nitrogen and oxygen atoms in total. The summed E-state index contributed by atoms with van der Waals surface area (Å²) in [4.78, 5) is 11.6. The summed E-state index contributed by atoms with van der Waals surface area (Å²) in [6.45, 7) is 2.83. The molecule has 10 heteroatoms. The fourth-order valence-electron chi connectivity index (χ4n) is 3.98. The van der Waals surface area contributed by atoms with E-state index >= 15 is 0 Å². The van der Waals surface area contributed by atoms with Crippen LogP contribution in [-0.2, 0) is 6.42 Å². The molecule has 0 aromatic carbocycles. The highest BCUT2D eigenvalue weighted by atomic mass is 19.4. The normalized spacial score (nSPS) is 16.1. The zero-order valence-electron chi connectivity index (χ0n) is 17.6. The van der Waals surface area contributed by atoms with Gasteiger partial charge in [0.1, 0.15) is 11.3 Å². The van der Waals surface area contributed by atoms with Crippen molar-refractivity contribution in [3.05, 3.63) is 42.5 Å². The lowest BCUT2D eigenvalue weighted by molar-refractivity contribution is -0.182. The first-order valence-corrected chi connectivity index (χ1v) is 10.4. The number of aromatic nitrogens is 5. The molecule has 2 N–H and O–H groups in total. The molecule has 32 heavy (non-hydrogen) atoms. The molecule has 0 bridgehead atoms. The summed E-state index contributed by atoms with van der Waals surface area (Å²) in [6, 6.07) is 3.82. The Morgan fingerprint density at radius 3 is 2.66 bits per heavy atom.